The van der Waals surface area contributed by atoms with Crippen molar-refractivity contribution in [1.29, 1.82) is 0 Å². The number of piperidine rings is 1. The summed E-state index contributed by atoms with van der Waals surface area (Å²) in [6, 6.07) is 5.63. The van der Waals surface area contributed by atoms with Crippen molar-refractivity contribution in [3.63, 3.8) is 0 Å². The van der Waals surface area contributed by atoms with E-state index in [4.69, 9.17) is 0 Å². The third-order valence-electron chi connectivity index (χ3n) is 5.75. The van der Waals surface area contributed by atoms with E-state index in [9.17, 15) is 5.11 Å². The first-order chi connectivity index (χ1) is 14.5. The van der Waals surface area contributed by atoms with E-state index in [1.165, 1.54) is 4.80 Å². The summed E-state index contributed by atoms with van der Waals surface area (Å²) >= 11 is 0. The second-order valence-corrected chi connectivity index (χ2v) is 9.66. The Balaban J connectivity index is 0.00000289. The molecule has 0 unspecified atom stereocenters. The molecule has 2 aromatic heterocycles. The summed E-state index contributed by atoms with van der Waals surface area (Å²) in [6.45, 7) is 8.91. The van der Waals surface area contributed by atoms with E-state index in [0.717, 1.165) is 18.4 Å². The van der Waals surface area contributed by atoms with Crippen LogP contribution in [0.5, 0.6) is 5.75 Å². The van der Waals surface area contributed by atoms with Gasteiger partial charge in [0.05, 0.1) is 12.4 Å². The Morgan fingerprint density at radius 1 is 1.06 bits per heavy atom. The van der Waals surface area contributed by atoms with Crippen LogP contribution in [0.2, 0.25) is 0 Å². The van der Waals surface area contributed by atoms with Crippen molar-refractivity contribution in [2.75, 3.05) is 11.9 Å². The summed E-state index contributed by atoms with van der Waals surface area (Å²) in [4.78, 5) is 8.14. The molecule has 1 fully saturated rings. The molecule has 3 aromatic rings. The van der Waals surface area contributed by atoms with Gasteiger partial charge in [-0.15, -0.1) is 22.6 Å². The average Bonchev–Trinajstić information content (AvgIpc) is 3.11. The zero-order valence-electron chi connectivity index (χ0n) is 19.4. The second-order valence-electron chi connectivity index (χ2n) is 9.66. The predicted octanol–water partition coefficient (Wildman–Crippen LogP) is 3.21. The van der Waals surface area contributed by atoms with Crippen molar-refractivity contribution in [1.82, 2.24) is 35.5 Å². The minimum absolute atomic E-state index is 0. The maximum Gasteiger partial charge on any atom is 0.245 e. The molecule has 2 N–H and O–H groups in total. The number of hydrogen-bond acceptors (Lipinski definition) is 8. The van der Waals surface area contributed by atoms with Crippen molar-refractivity contribution < 1.29 is 5.11 Å². The number of nitrogens with zero attached hydrogens (tertiary/aromatic N) is 7. The minimum atomic E-state index is 0. The van der Waals surface area contributed by atoms with Crippen LogP contribution in [0.3, 0.4) is 0 Å². The quantitative estimate of drug-likeness (QED) is 0.614. The fourth-order valence-electron chi connectivity index (χ4n) is 4.65. The van der Waals surface area contributed by atoms with Gasteiger partial charge in [0.25, 0.3) is 0 Å². The molecule has 0 saturated carbocycles. The van der Waals surface area contributed by atoms with Crippen LogP contribution >= 0.6 is 12.4 Å². The first kappa shape index (κ1) is 23.9. The van der Waals surface area contributed by atoms with E-state index in [2.05, 4.69) is 63.3 Å². The van der Waals surface area contributed by atoms with Gasteiger partial charge in [0.1, 0.15) is 17.1 Å². The van der Waals surface area contributed by atoms with Crippen LogP contribution in [0.15, 0.2) is 30.6 Å². The van der Waals surface area contributed by atoms with Crippen molar-refractivity contribution in [2.24, 2.45) is 7.05 Å². The Kier molecular flexibility index (Phi) is 6.44. The van der Waals surface area contributed by atoms with E-state index >= 15 is 0 Å². The van der Waals surface area contributed by atoms with Crippen molar-refractivity contribution >= 4 is 18.4 Å². The van der Waals surface area contributed by atoms with Crippen molar-refractivity contribution in [3.8, 4) is 28.3 Å². The largest absolute Gasteiger partial charge is 0.507 e. The molecule has 0 amide bonds. The summed E-state index contributed by atoms with van der Waals surface area (Å²) < 4.78 is 0. The standard InChI is InChI=1S/C22H30N8O.ClH/c1-21(2)10-15(11-22(3,4)28-21)29(5)20-23-12-18(25-26-20)16-8-7-14(9-19(16)31)17-13-24-30(6)27-17;/h7-9,12-13,15,28,31H,10-11H2,1-6H3;1H. The Morgan fingerprint density at radius 3 is 2.28 bits per heavy atom. The number of nitrogens with one attached hydrogen (secondary N) is 1. The lowest BCUT2D eigenvalue weighted by Gasteiger charge is -2.48. The maximum absolute atomic E-state index is 10.5. The molecular weight excluding hydrogens is 428 g/mol. The molecule has 0 aliphatic carbocycles. The number of rotatable bonds is 4. The molecular formula is C22H31ClN8O. The van der Waals surface area contributed by atoms with Gasteiger partial charge in [-0.2, -0.15) is 15.0 Å². The number of aromatic nitrogens is 6. The Labute approximate surface area is 194 Å². The van der Waals surface area contributed by atoms with Crippen molar-refractivity contribution in [3.05, 3.63) is 30.6 Å². The summed E-state index contributed by atoms with van der Waals surface area (Å²) in [5.74, 6) is 0.681. The number of aryl methyl sites for hydroxylation is 1. The smallest absolute Gasteiger partial charge is 0.245 e. The van der Waals surface area contributed by atoms with Crippen LogP contribution in [0, 0.1) is 0 Å². The monoisotopic (exact) mass is 458 g/mol. The summed E-state index contributed by atoms with van der Waals surface area (Å²) in [6.07, 6.45) is 5.29. The lowest BCUT2D eigenvalue weighted by molar-refractivity contribution is 0.160. The normalized spacial score (nSPS) is 17.6. The van der Waals surface area contributed by atoms with Crippen LogP contribution in [-0.2, 0) is 7.05 Å². The Morgan fingerprint density at radius 2 is 1.75 bits per heavy atom. The van der Waals surface area contributed by atoms with E-state index in [1.54, 1.807) is 31.6 Å². The van der Waals surface area contributed by atoms with Crippen LogP contribution in [0.25, 0.3) is 22.5 Å². The number of aromatic hydroxyl groups is 1. The highest BCUT2D eigenvalue weighted by Crippen LogP contribution is 2.33. The molecule has 32 heavy (non-hydrogen) atoms. The number of phenolic OH excluding ortho intramolecular Hbond substituents is 1. The first-order valence-electron chi connectivity index (χ1n) is 10.4. The first-order valence-corrected chi connectivity index (χ1v) is 10.4. The predicted molar refractivity (Wildman–Crippen MR) is 127 cm³/mol. The number of anilines is 1. The molecule has 0 radical (unpaired) electrons. The molecule has 172 valence electrons. The van der Waals surface area contributed by atoms with Crippen molar-refractivity contribution in [2.45, 2.75) is 57.7 Å². The molecule has 0 atom stereocenters. The molecule has 1 aliphatic heterocycles. The van der Waals surface area contributed by atoms with Gasteiger partial charge in [-0.1, -0.05) is 6.07 Å². The molecule has 0 bridgehead atoms. The average molecular weight is 459 g/mol. The molecule has 10 heteroatoms. The van der Waals surface area contributed by atoms with Gasteiger partial charge >= 0.3 is 0 Å². The highest BCUT2D eigenvalue weighted by molar-refractivity contribution is 5.85. The summed E-state index contributed by atoms with van der Waals surface area (Å²) in [5.41, 5.74) is 2.63. The van der Waals surface area contributed by atoms with E-state index in [-0.39, 0.29) is 29.2 Å². The number of benzene rings is 1. The SMILES string of the molecule is CN(c1ncc(-c2ccc(-c3cnn(C)n3)cc2O)nn1)C1CC(C)(C)NC(C)(C)C1.Cl. The lowest BCUT2D eigenvalue weighted by Crippen LogP contribution is -2.62. The molecule has 1 saturated heterocycles. The summed E-state index contributed by atoms with van der Waals surface area (Å²) in [5, 5.41) is 31.3. The number of phenols is 1. The molecule has 0 spiro atoms. The van der Waals surface area contributed by atoms with Crippen LogP contribution in [0.1, 0.15) is 40.5 Å². The summed E-state index contributed by atoms with van der Waals surface area (Å²) in [7, 11) is 3.77. The van der Waals surface area contributed by atoms with Gasteiger partial charge in [0.15, 0.2) is 0 Å². The lowest BCUT2D eigenvalue weighted by atomic mass is 9.79. The van der Waals surface area contributed by atoms with Crippen LogP contribution < -0.4 is 10.2 Å². The fraction of sp³-hybridized carbons (Fsp3) is 0.500. The zero-order chi connectivity index (χ0) is 22.4. The highest BCUT2D eigenvalue weighted by Gasteiger charge is 2.39. The molecule has 3 heterocycles. The number of hydrogen-bond donors (Lipinski definition) is 2. The molecule has 1 aromatic carbocycles. The maximum atomic E-state index is 10.5. The van der Waals surface area contributed by atoms with Gasteiger partial charge in [-0.25, -0.2) is 4.98 Å². The van der Waals surface area contributed by atoms with E-state index in [1.807, 2.05) is 13.1 Å². The van der Waals surface area contributed by atoms with Gasteiger partial charge in [0, 0.05) is 42.3 Å². The third kappa shape index (κ3) is 4.99. The van der Waals surface area contributed by atoms with Gasteiger partial charge < -0.3 is 15.3 Å². The zero-order valence-corrected chi connectivity index (χ0v) is 20.2. The van der Waals surface area contributed by atoms with Gasteiger partial charge in [-0.3, -0.25) is 0 Å². The Hall–Kier alpha value is -2.78. The second kappa shape index (κ2) is 8.63. The van der Waals surface area contributed by atoms with Gasteiger partial charge in [0.2, 0.25) is 5.95 Å². The molecule has 9 nitrogen and oxygen atoms in total. The fourth-order valence-corrected chi connectivity index (χ4v) is 4.65. The van der Waals surface area contributed by atoms with Crippen LogP contribution in [0.4, 0.5) is 5.95 Å². The molecule has 1 aliphatic rings. The van der Waals surface area contributed by atoms with Crippen LogP contribution in [-0.4, -0.2) is 59.4 Å². The molecule has 4 rings (SSSR count). The Bertz CT molecular complexity index is 1060. The topological polar surface area (TPSA) is 105 Å². The third-order valence-corrected chi connectivity index (χ3v) is 5.75. The van der Waals surface area contributed by atoms with E-state index < -0.39 is 0 Å². The highest BCUT2D eigenvalue weighted by atomic mass is 35.5. The minimum Gasteiger partial charge on any atom is -0.507 e. The van der Waals surface area contributed by atoms with E-state index in [0.29, 0.717) is 28.9 Å². The van der Waals surface area contributed by atoms with Gasteiger partial charge in [-0.05, 0) is 52.7 Å². The number of halogens is 1.